The molecule has 1 amide bonds. The topological polar surface area (TPSA) is 81.2 Å². The normalized spacial score (nSPS) is 10.1. The smallest absolute Gasteiger partial charge is 0.356 e. The molecule has 2 heterocycles. The monoisotopic (exact) mass is 319 g/mol. The lowest BCUT2D eigenvalue weighted by Gasteiger charge is -2.07. The van der Waals surface area contributed by atoms with Crippen LogP contribution in [0.4, 0.5) is 5.82 Å². The molecule has 0 aliphatic rings. The molecule has 2 aromatic rings. The molecule has 6 nitrogen and oxygen atoms in total. The largest absolute Gasteiger partial charge is 0.461 e. The molecular formula is C15H14ClN3O3. The number of anilines is 1. The minimum Gasteiger partial charge on any atom is -0.461 e. The standard InChI is InChI=1S/C15H14ClN3O3/c1-3-22-15(21)13-8-11(16)7-12(19-13)10-4-5-17-14(6-10)18-9(2)20/h4-8H,3H2,1-2H3,(H,17,18,20). The van der Waals surface area contributed by atoms with E-state index in [1.54, 1.807) is 25.1 Å². The molecule has 2 rings (SSSR count). The molecule has 0 bridgehead atoms. The molecule has 0 atom stereocenters. The van der Waals surface area contributed by atoms with Gasteiger partial charge >= 0.3 is 5.97 Å². The van der Waals surface area contributed by atoms with Crippen LogP contribution in [0.15, 0.2) is 30.5 Å². The Kier molecular flexibility index (Phi) is 5.06. The molecule has 0 radical (unpaired) electrons. The van der Waals surface area contributed by atoms with Crippen molar-refractivity contribution >= 4 is 29.3 Å². The minimum atomic E-state index is -0.539. The van der Waals surface area contributed by atoms with E-state index in [0.717, 1.165) is 0 Å². The highest BCUT2D eigenvalue weighted by molar-refractivity contribution is 6.31. The summed E-state index contributed by atoms with van der Waals surface area (Å²) in [6.45, 7) is 3.36. The Morgan fingerprint density at radius 2 is 2.09 bits per heavy atom. The van der Waals surface area contributed by atoms with E-state index in [-0.39, 0.29) is 18.2 Å². The maximum absolute atomic E-state index is 11.8. The number of rotatable bonds is 4. The molecular weight excluding hydrogens is 306 g/mol. The first kappa shape index (κ1) is 15.9. The molecule has 0 unspecified atom stereocenters. The van der Waals surface area contributed by atoms with Gasteiger partial charge in [0, 0.05) is 23.7 Å². The van der Waals surface area contributed by atoms with Gasteiger partial charge in [0.15, 0.2) is 5.69 Å². The van der Waals surface area contributed by atoms with Gasteiger partial charge in [-0.15, -0.1) is 0 Å². The zero-order chi connectivity index (χ0) is 16.1. The highest BCUT2D eigenvalue weighted by Gasteiger charge is 2.12. The number of nitrogens with zero attached hydrogens (tertiary/aromatic N) is 2. The van der Waals surface area contributed by atoms with Crippen molar-refractivity contribution in [3.8, 4) is 11.3 Å². The summed E-state index contributed by atoms with van der Waals surface area (Å²) in [5.41, 5.74) is 1.29. The summed E-state index contributed by atoms with van der Waals surface area (Å²) in [5.74, 6) is -0.372. The number of hydrogen-bond donors (Lipinski definition) is 1. The van der Waals surface area contributed by atoms with E-state index < -0.39 is 5.97 Å². The number of pyridine rings is 2. The second-order valence-electron chi connectivity index (χ2n) is 4.39. The van der Waals surface area contributed by atoms with Crippen LogP contribution in [0.25, 0.3) is 11.3 Å². The van der Waals surface area contributed by atoms with Crippen LogP contribution in [-0.4, -0.2) is 28.5 Å². The molecule has 0 aliphatic heterocycles. The molecule has 0 saturated heterocycles. The van der Waals surface area contributed by atoms with Gasteiger partial charge in [-0.05, 0) is 31.2 Å². The zero-order valence-electron chi connectivity index (χ0n) is 12.1. The van der Waals surface area contributed by atoms with E-state index in [9.17, 15) is 9.59 Å². The average Bonchev–Trinajstić information content (AvgIpc) is 2.46. The lowest BCUT2D eigenvalue weighted by atomic mass is 10.1. The van der Waals surface area contributed by atoms with Crippen LogP contribution in [0.1, 0.15) is 24.3 Å². The Morgan fingerprint density at radius 3 is 2.77 bits per heavy atom. The molecule has 22 heavy (non-hydrogen) atoms. The van der Waals surface area contributed by atoms with Gasteiger partial charge in [0.25, 0.3) is 0 Å². The molecule has 2 aromatic heterocycles. The van der Waals surface area contributed by atoms with Crippen molar-refractivity contribution in [2.24, 2.45) is 0 Å². The quantitative estimate of drug-likeness (QED) is 0.876. The van der Waals surface area contributed by atoms with E-state index in [2.05, 4.69) is 15.3 Å². The van der Waals surface area contributed by atoms with Crippen LogP contribution in [-0.2, 0) is 9.53 Å². The van der Waals surface area contributed by atoms with Crippen molar-refractivity contribution in [3.05, 3.63) is 41.2 Å². The second kappa shape index (κ2) is 7.00. The summed E-state index contributed by atoms with van der Waals surface area (Å²) in [6.07, 6.45) is 1.53. The van der Waals surface area contributed by atoms with Crippen LogP contribution < -0.4 is 5.32 Å². The number of esters is 1. The SMILES string of the molecule is CCOC(=O)c1cc(Cl)cc(-c2ccnc(NC(C)=O)c2)n1. The van der Waals surface area contributed by atoms with E-state index in [4.69, 9.17) is 16.3 Å². The number of hydrogen-bond acceptors (Lipinski definition) is 5. The predicted octanol–water partition coefficient (Wildman–Crippen LogP) is 2.93. The van der Waals surface area contributed by atoms with Gasteiger partial charge < -0.3 is 10.1 Å². The zero-order valence-corrected chi connectivity index (χ0v) is 12.8. The highest BCUT2D eigenvalue weighted by atomic mass is 35.5. The number of nitrogens with one attached hydrogen (secondary N) is 1. The van der Waals surface area contributed by atoms with Gasteiger partial charge in [-0.3, -0.25) is 4.79 Å². The fraction of sp³-hybridized carbons (Fsp3) is 0.200. The van der Waals surface area contributed by atoms with Crippen molar-refractivity contribution in [2.45, 2.75) is 13.8 Å². The van der Waals surface area contributed by atoms with Crippen molar-refractivity contribution in [3.63, 3.8) is 0 Å². The van der Waals surface area contributed by atoms with Crippen LogP contribution in [0, 0.1) is 0 Å². The van der Waals surface area contributed by atoms with Crippen molar-refractivity contribution in [2.75, 3.05) is 11.9 Å². The Morgan fingerprint density at radius 1 is 1.32 bits per heavy atom. The molecule has 0 spiro atoms. The van der Waals surface area contributed by atoms with Crippen molar-refractivity contribution < 1.29 is 14.3 Å². The number of amides is 1. The number of halogens is 1. The molecule has 0 aromatic carbocycles. The summed E-state index contributed by atoms with van der Waals surface area (Å²) in [7, 11) is 0. The first-order chi connectivity index (χ1) is 10.5. The summed E-state index contributed by atoms with van der Waals surface area (Å²) < 4.78 is 4.92. The van der Waals surface area contributed by atoms with Crippen molar-refractivity contribution in [1.29, 1.82) is 0 Å². The molecule has 0 fully saturated rings. The van der Waals surface area contributed by atoms with E-state index in [0.29, 0.717) is 22.1 Å². The Labute approximate surface area is 132 Å². The third-order valence-electron chi connectivity index (χ3n) is 2.63. The number of carbonyl (C=O) groups excluding carboxylic acids is 2. The predicted molar refractivity (Wildman–Crippen MR) is 82.7 cm³/mol. The summed E-state index contributed by atoms with van der Waals surface area (Å²) in [6, 6.07) is 6.42. The van der Waals surface area contributed by atoms with E-state index >= 15 is 0 Å². The fourth-order valence-electron chi connectivity index (χ4n) is 1.79. The first-order valence-electron chi connectivity index (χ1n) is 6.58. The Balaban J connectivity index is 2.40. The maximum Gasteiger partial charge on any atom is 0.356 e. The third kappa shape index (κ3) is 4.02. The molecule has 0 aliphatic carbocycles. The summed E-state index contributed by atoms with van der Waals surface area (Å²) >= 11 is 6.04. The fourth-order valence-corrected chi connectivity index (χ4v) is 2.00. The first-order valence-corrected chi connectivity index (χ1v) is 6.96. The summed E-state index contributed by atoms with van der Waals surface area (Å²) in [4.78, 5) is 31.1. The average molecular weight is 320 g/mol. The van der Waals surface area contributed by atoms with E-state index in [1.807, 2.05) is 0 Å². The Bertz CT molecular complexity index is 719. The molecule has 7 heteroatoms. The molecule has 0 saturated carbocycles. The third-order valence-corrected chi connectivity index (χ3v) is 2.85. The van der Waals surface area contributed by atoms with Gasteiger partial charge in [-0.2, -0.15) is 0 Å². The number of carbonyl (C=O) groups is 2. The number of ether oxygens (including phenoxy) is 1. The van der Waals surface area contributed by atoms with Crippen LogP contribution in [0.3, 0.4) is 0 Å². The van der Waals surface area contributed by atoms with Gasteiger partial charge in [0.1, 0.15) is 5.82 Å². The minimum absolute atomic E-state index is 0.127. The molecule has 1 N–H and O–H groups in total. The maximum atomic E-state index is 11.8. The van der Waals surface area contributed by atoms with Gasteiger partial charge in [-0.25, -0.2) is 14.8 Å². The van der Waals surface area contributed by atoms with E-state index in [1.165, 1.54) is 19.2 Å². The number of aromatic nitrogens is 2. The van der Waals surface area contributed by atoms with Crippen LogP contribution in [0.5, 0.6) is 0 Å². The van der Waals surface area contributed by atoms with Crippen LogP contribution in [0.2, 0.25) is 5.02 Å². The summed E-state index contributed by atoms with van der Waals surface area (Å²) in [5, 5.41) is 2.95. The second-order valence-corrected chi connectivity index (χ2v) is 4.82. The van der Waals surface area contributed by atoms with Gasteiger partial charge in [0.05, 0.1) is 12.3 Å². The van der Waals surface area contributed by atoms with Crippen molar-refractivity contribution in [1.82, 2.24) is 9.97 Å². The lowest BCUT2D eigenvalue weighted by molar-refractivity contribution is -0.114. The Hall–Kier alpha value is -2.47. The van der Waals surface area contributed by atoms with Gasteiger partial charge in [0.2, 0.25) is 5.91 Å². The van der Waals surface area contributed by atoms with Crippen LogP contribution >= 0.6 is 11.6 Å². The highest BCUT2D eigenvalue weighted by Crippen LogP contribution is 2.23. The van der Waals surface area contributed by atoms with Gasteiger partial charge in [-0.1, -0.05) is 11.6 Å². The lowest BCUT2D eigenvalue weighted by Crippen LogP contribution is -2.08. The molecule has 114 valence electrons.